The summed E-state index contributed by atoms with van der Waals surface area (Å²) in [6, 6.07) is 2.59. The molecule has 2 aromatic rings. The number of aliphatic imine (C=N–C) groups is 1. The van der Waals surface area contributed by atoms with Gasteiger partial charge < -0.3 is 48.3 Å². The Hall–Kier alpha value is -4.17. The maximum atomic E-state index is 13.1. The maximum Gasteiger partial charge on any atom is 0.326 e. The van der Waals surface area contributed by atoms with Crippen molar-refractivity contribution in [2.75, 3.05) is 13.2 Å². The Morgan fingerprint density at radius 3 is 2.33 bits per heavy atom. The van der Waals surface area contributed by atoms with Crippen LogP contribution in [0.3, 0.4) is 0 Å². The van der Waals surface area contributed by atoms with Gasteiger partial charge in [-0.05, 0) is 30.4 Å². The number of carbonyl (C=O) groups excluding carboxylic acids is 3. The van der Waals surface area contributed by atoms with Gasteiger partial charge in [0.25, 0.3) is 0 Å². The fraction of sp³-hybridized carbons (Fsp3) is 0.500. The van der Waals surface area contributed by atoms with E-state index in [0.717, 1.165) is 10.9 Å². The van der Waals surface area contributed by atoms with Crippen LogP contribution < -0.4 is 33.2 Å². The summed E-state index contributed by atoms with van der Waals surface area (Å²) in [7, 11) is 0. The summed E-state index contributed by atoms with van der Waals surface area (Å²) >= 11 is 0. The van der Waals surface area contributed by atoms with E-state index < -0.39 is 54.5 Å². The highest BCUT2D eigenvalue weighted by Gasteiger charge is 2.32. The number of para-hydroxylation sites is 1. The lowest BCUT2D eigenvalue weighted by molar-refractivity contribution is -0.142. The largest absolute Gasteiger partial charge is 0.480 e. The second kappa shape index (κ2) is 15.4. The number of hydrogen-bond acceptors (Lipinski definition) is 7. The van der Waals surface area contributed by atoms with Crippen LogP contribution >= 0.6 is 0 Å². The molecule has 0 aliphatic carbocycles. The van der Waals surface area contributed by atoms with Gasteiger partial charge in [-0.2, -0.15) is 0 Å². The molecule has 0 radical (unpaired) electrons. The second-order valence-electron chi connectivity index (χ2n) is 9.63. The van der Waals surface area contributed by atoms with E-state index in [0.29, 0.717) is 24.9 Å². The van der Waals surface area contributed by atoms with Gasteiger partial charge in [0.15, 0.2) is 5.96 Å². The van der Waals surface area contributed by atoms with Crippen molar-refractivity contribution in [2.45, 2.75) is 63.7 Å². The number of aliphatic hydroxyl groups excluding tert-OH is 1. The fourth-order valence-corrected chi connectivity index (χ4v) is 4.06. The molecule has 0 saturated carbocycles. The number of aliphatic hydroxyl groups is 1. The van der Waals surface area contributed by atoms with Gasteiger partial charge in [0.1, 0.15) is 18.1 Å². The molecule has 1 aromatic carbocycles. The van der Waals surface area contributed by atoms with Crippen molar-refractivity contribution in [2.24, 2.45) is 28.1 Å². The molecular formula is C26H40N8O6. The zero-order valence-corrected chi connectivity index (χ0v) is 22.7. The number of amides is 3. The number of carboxylic acid groups (broad SMARTS) is 1. The monoisotopic (exact) mass is 560 g/mol. The molecule has 1 aromatic heterocycles. The van der Waals surface area contributed by atoms with Crippen molar-refractivity contribution >= 4 is 40.6 Å². The van der Waals surface area contributed by atoms with Crippen LogP contribution in [-0.4, -0.2) is 82.2 Å². The second-order valence-corrected chi connectivity index (χ2v) is 9.63. The highest BCUT2D eigenvalue weighted by atomic mass is 16.4. The first kappa shape index (κ1) is 32.0. The number of benzene rings is 1. The third-order valence-electron chi connectivity index (χ3n) is 6.63. The van der Waals surface area contributed by atoms with Crippen LogP contribution in [0.1, 0.15) is 38.7 Å². The molecule has 0 saturated heterocycles. The summed E-state index contributed by atoms with van der Waals surface area (Å²) in [4.78, 5) is 57.5. The third-order valence-corrected chi connectivity index (χ3v) is 6.63. The Morgan fingerprint density at radius 2 is 1.70 bits per heavy atom. The van der Waals surface area contributed by atoms with E-state index in [4.69, 9.17) is 17.2 Å². The van der Waals surface area contributed by atoms with E-state index in [1.807, 2.05) is 31.2 Å². The van der Waals surface area contributed by atoms with E-state index in [1.54, 1.807) is 13.1 Å². The molecule has 12 N–H and O–H groups in total. The summed E-state index contributed by atoms with van der Waals surface area (Å²) in [5, 5.41) is 27.8. The predicted octanol–water partition coefficient (Wildman–Crippen LogP) is -1.33. The lowest BCUT2D eigenvalue weighted by Crippen LogP contribution is -2.59. The standard InChI is InChI=1S/C26H40N8O6/c1-3-14(2)21(34-22(36)17(27)8-6-10-30-26(28)29)24(38)33-20(13-35)23(37)32-19(25(39)40)11-15-12-31-18-9-5-4-7-16(15)18/h4-5,7,9,12,14,17,19-21,31,35H,3,6,8,10-11,13,27H2,1-2H3,(H,32,37)(H,33,38)(H,34,36)(H,39,40)(H4,28,29,30). The first-order valence-corrected chi connectivity index (χ1v) is 13.1. The van der Waals surface area contributed by atoms with Crippen molar-refractivity contribution in [1.29, 1.82) is 0 Å². The minimum Gasteiger partial charge on any atom is -0.480 e. The summed E-state index contributed by atoms with van der Waals surface area (Å²) < 4.78 is 0. The molecule has 3 amide bonds. The van der Waals surface area contributed by atoms with Gasteiger partial charge in [0.05, 0.1) is 12.6 Å². The molecule has 0 aliphatic rings. The molecule has 14 heteroatoms. The number of nitrogens with one attached hydrogen (secondary N) is 4. The van der Waals surface area contributed by atoms with Crippen molar-refractivity contribution in [3.05, 3.63) is 36.0 Å². The average molecular weight is 561 g/mol. The van der Waals surface area contributed by atoms with E-state index in [9.17, 15) is 29.4 Å². The minimum absolute atomic E-state index is 0.0240. The molecule has 0 fully saturated rings. The van der Waals surface area contributed by atoms with Crippen LogP contribution in [-0.2, 0) is 25.6 Å². The molecule has 5 unspecified atom stereocenters. The maximum absolute atomic E-state index is 13.1. The van der Waals surface area contributed by atoms with E-state index in [2.05, 4.69) is 25.9 Å². The zero-order chi connectivity index (χ0) is 29.8. The molecule has 14 nitrogen and oxygen atoms in total. The van der Waals surface area contributed by atoms with Crippen LogP contribution in [0.2, 0.25) is 0 Å². The topological polar surface area (TPSA) is 251 Å². The molecule has 2 rings (SSSR count). The highest BCUT2D eigenvalue weighted by molar-refractivity contribution is 5.94. The number of nitrogens with zero attached hydrogens (tertiary/aromatic N) is 1. The van der Waals surface area contributed by atoms with Crippen LogP contribution in [0, 0.1) is 5.92 Å². The van der Waals surface area contributed by atoms with Crippen molar-refractivity contribution in [3.8, 4) is 0 Å². The molecule has 220 valence electrons. The van der Waals surface area contributed by atoms with Gasteiger partial charge >= 0.3 is 5.97 Å². The molecule has 0 bridgehead atoms. The van der Waals surface area contributed by atoms with Gasteiger partial charge in [-0.1, -0.05) is 38.5 Å². The summed E-state index contributed by atoms with van der Waals surface area (Å²) in [5.74, 6) is -3.85. The Balaban J connectivity index is 2.05. The lowest BCUT2D eigenvalue weighted by Gasteiger charge is -2.27. The number of guanidine groups is 1. The molecule has 5 atom stereocenters. The Kier molecular flexibility index (Phi) is 12.4. The fourth-order valence-electron chi connectivity index (χ4n) is 4.06. The summed E-state index contributed by atoms with van der Waals surface area (Å²) in [6.07, 6.45) is 2.88. The SMILES string of the molecule is CCC(C)C(NC(=O)C(N)CCCN=C(N)N)C(=O)NC(CO)C(=O)NC(Cc1c[nH]c2ccccc12)C(=O)O. The van der Waals surface area contributed by atoms with E-state index in [-0.39, 0.29) is 24.7 Å². The van der Waals surface area contributed by atoms with Gasteiger partial charge in [-0.25, -0.2) is 4.79 Å². The molecule has 0 aliphatic heterocycles. The van der Waals surface area contributed by atoms with Crippen LogP contribution in [0.5, 0.6) is 0 Å². The van der Waals surface area contributed by atoms with Crippen molar-refractivity contribution in [1.82, 2.24) is 20.9 Å². The normalized spacial score (nSPS) is 14.8. The summed E-state index contributed by atoms with van der Waals surface area (Å²) in [6.45, 7) is 3.07. The number of aromatic nitrogens is 1. The number of carboxylic acids is 1. The van der Waals surface area contributed by atoms with Gasteiger partial charge in [0.2, 0.25) is 17.7 Å². The number of nitrogens with two attached hydrogens (primary N) is 3. The Bertz CT molecular complexity index is 1190. The molecule has 0 spiro atoms. The number of hydrogen-bond donors (Lipinski definition) is 9. The Labute approximate surface area is 232 Å². The van der Waals surface area contributed by atoms with Crippen molar-refractivity contribution < 1.29 is 29.4 Å². The van der Waals surface area contributed by atoms with Crippen LogP contribution in [0.25, 0.3) is 10.9 Å². The van der Waals surface area contributed by atoms with Gasteiger partial charge in [0, 0.05) is 30.1 Å². The predicted molar refractivity (Wildman–Crippen MR) is 150 cm³/mol. The molecule has 1 heterocycles. The van der Waals surface area contributed by atoms with Crippen LogP contribution in [0.15, 0.2) is 35.5 Å². The smallest absolute Gasteiger partial charge is 0.326 e. The number of carbonyl (C=O) groups is 4. The number of aliphatic carboxylic acids is 1. The highest BCUT2D eigenvalue weighted by Crippen LogP contribution is 2.19. The van der Waals surface area contributed by atoms with Crippen molar-refractivity contribution in [3.63, 3.8) is 0 Å². The number of rotatable bonds is 16. The lowest BCUT2D eigenvalue weighted by atomic mass is 9.97. The molecular weight excluding hydrogens is 520 g/mol. The first-order chi connectivity index (χ1) is 19.0. The van der Waals surface area contributed by atoms with E-state index >= 15 is 0 Å². The number of fused-ring (bicyclic) bond motifs is 1. The zero-order valence-electron chi connectivity index (χ0n) is 22.7. The average Bonchev–Trinajstić information content (AvgIpc) is 3.33. The van der Waals surface area contributed by atoms with E-state index in [1.165, 1.54) is 0 Å². The summed E-state index contributed by atoms with van der Waals surface area (Å²) in [5.41, 5.74) is 18.0. The Morgan fingerprint density at radius 1 is 1.02 bits per heavy atom. The van der Waals surface area contributed by atoms with Crippen LogP contribution in [0.4, 0.5) is 0 Å². The molecule has 40 heavy (non-hydrogen) atoms. The quantitative estimate of drug-likeness (QED) is 0.0669. The third kappa shape index (κ3) is 9.24. The number of aromatic amines is 1. The van der Waals surface area contributed by atoms with Gasteiger partial charge in [-0.3, -0.25) is 19.4 Å². The van der Waals surface area contributed by atoms with Gasteiger partial charge in [-0.15, -0.1) is 0 Å². The minimum atomic E-state index is -1.45. The first-order valence-electron chi connectivity index (χ1n) is 13.1. The number of H-pyrrole nitrogens is 1.